The van der Waals surface area contributed by atoms with E-state index in [1.807, 2.05) is 19.1 Å². The standard InChI is InChI=1S/C14H22N4O/c1-3-15-13-8-4-7-12(17-13)14(19)16-10-11-6-5-9-18(11)2/h4,7-8,11H,3,5-6,9-10H2,1-2H3,(H,15,17)(H,16,19). The summed E-state index contributed by atoms with van der Waals surface area (Å²) in [6.45, 7) is 4.62. The predicted molar refractivity (Wildman–Crippen MR) is 76.4 cm³/mol. The van der Waals surface area contributed by atoms with Gasteiger partial charge in [0.1, 0.15) is 11.5 Å². The summed E-state index contributed by atoms with van der Waals surface area (Å²) in [5, 5.41) is 6.08. The van der Waals surface area contributed by atoms with Crippen molar-refractivity contribution in [2.24, 2.45) is 0 Å². The fourth-order valence-electron chi connectivity index (χ4n) is 2.38. The SMILES string of the molecule is CCNc1cccc(C(=O)NCC2CCCN2C)n1. The normalized spacial score (nSPS) is 19.4. The van der Waals surface area contributed by atoms with Crippen LogP contribution in [0.25, 0.3) is 0 Å². The van der Waals surface area contributed by atoms with Gasteiger partial charge in [0.15, 0.2) is 0 Å². The molecule has 2 heterocycles. The van der Waals surface area contributed by atoms with Crippen molar-refractivity contribution in [3.8, 4) is 0 Å². The highest BCUT2D eigenvalue weighted by Crippen LogP contribution is 2.13. The van der Waals surface area contributed by atoms with Crippen LogP contribution in [0.5, 0.6) is 0 Å². The van der Waals surface area contributed by atoms with Crippen LogP contribution in [0.2, 0.25) is 0 Å². The molecule has 1 aliphatic rings. The van der Waals surface area contributed by atoms with Gasteiger partial charge in [0.05, 0.1) is 0 Å². The van der Waals surface area contributed by atoms with Gasteiger partial charge in [-0.15, -0.1) is 0 Å². The number of carbonyl (C=O) groups is 1. The van der Waals surface area contributed by atoms with E-state index in [2.05, 4.69) is 27.6 Å². The summed E-state index contributed by atoms with van der Waals surface area (Å²) >= 11 is 0. The molecule has 1 amide bonds. The second-order valence-corrected chi connectivity index (χ2v) is 4.93. The molecule has 1 aliphatic heterocycles. The maximum Gasteiger partial charge on any atom is 0.270 e. The minimum absolute atomic E-state index is 0.0972. The van der Waals surface area contributed by atoms with Crippen molar-refractivity contribution in [3.05, 3.63) is 23.9 Å². The van der Waals surface area contributed by atoms with Crippen molar-refractivity contribution in [1.82, 2.24) is 15.2 Å². The van der Waals surface area contributed by atoms with E-state index >= 15 is 0 Å². The molecule has 0 aromatic carbocycles. The van der Waals surface area contributed by atoms with E-state index in [1.165, 1.54) is 6.42 Å². The topological polar surface area (TPSA) is 57.3 Å². The Morgan fingerprint density at radius 1 is 1.53 bits per heavy atom. The lowest BCUT2D eigenvalue weighted by molar-refractivity contribution is 0.0939. The number of likely N-dealkylation sites (N-methyl/N-ethyl adjacent to an activating group) is 1. The minimum Gasteiger partial charge on any atom is -0.370 e. The number of carbonyl (C=O) groups excluding carboxylic acids is 1. The van der Waals surface area contributed by atoms with Gasteiger partial charge >= 0.3 is 0 Å². The van der Waals surface area contributed by atoms with Crippen molar-refractivity contribution >= 4 is 11.7 Å². The molecule has 1 fully saturated rings. The van der Waals surface area contributed by atoms with Gasteiger partial charge < -0.3 is 15.5 Å². The quantitative estimate of drug-likeness (QED) is 0.840. The van der Waals surface area contributed by atoms with E-state index in [9.17, 15) is 4.79 Å². The summed E-state index contributed by atoms with van der Waals surface area (Å²) < 4.78 is 0. The Morgan fingerprint density at radius 3 is 3.05 bits per heavy atom. The largest absolute Gasteiger partial charge is 0.370 e. The Balaban J connectivity index is 1.90. The van der Waals surface area contributed by atoms with E-state index in [-0.39, 0.29) is 5.91 Å². The number of aromatic nitrogens is 1. The molecule has 1 atom stereocenters. The first-order valence-electron chi connectivity index (χ1n) is 6.90. The van der Waals surface area contributed by atoms with Crippen LogP contribution in [0.15, 0.2) is 18.2 Å². The van der Waals surface area contributed by atoms with Crippen molar-refractivity contribution in [1.29, 1.82) is 0 Å². The van der Waals surface area contributed by atoms with Gasteiger partial charge in [-0.3, -0.25) is 4.79 Å². The Morgan fingerprint density at radius 2 is 2.37 bits per heavy atom. The zero-order chi connectivity index (χ0) is 13.7. The van der Waals surface area contributed by atoms with Gasteiger partial charge in [0, 0.05) is 19.1 Å². The third kappa shape index (κ3) is 3.67. The molecule has 1 saturated heterocycles. The molecule has 0 spiro atoms. The van der Waals surface area contributed by atoms with Gasteiger partial charge in [-0.2, -0.15) is 0 Å². The smallest absolute Gasteiger partial charge is 0.270 e. The summed E-state index contributed by atoms with van der Waals surface area (Å²) in [7, 11) is 2.11. The van der Waals surface area contributed by atoms with E-state index in [1.54, 1.807) is 6.07 Å². The third-order valence-electron chi connectivity index (χ3n) is 3.51. The second-order valence-electron chi connectivity index (χ2n) is 4.93. The first-order chi connectivity index (χ1) is 9.20. The maximum atomic E-state index is 12.0. The summed E-state index contributed by atoms with van der Waals surface area (Å²) in [5.74, 6) is 0.646. The molecule has 104 valence electrons. The highest BCUT2D eigenvalue weighted by Gasteiger charge is 2.21. The number of nitrogens with zero attached hydrogens (tertiary/aromatic N) is 2. The molecule has 0 bridgehead atoms. The molecular formula is C14H22N4O. The Hall–Kier alpha value is -1.62. The van der Waals surface area contributed by atoms with Crippen LogP contribution < -0.4 is 10.6 Å². The Kier molecular flexibility index (Phi) is 4.74. The number of nitrogens with one attached hydrogen (secondary N) is 2. The zero-order valence-electron chi connectivity index (χ0n) is 11.6. The van der Waals surface area contributed by atoms with Crippen LogP contribution in [0.3, 0.4) is 0 Å². The predicted octanol–water partition coefficient (Wildman–Crippen LogP) is 1.34. The first kappa shape index (κ1) is 13.8. The average Bonchev–Trinajstić information content (AvgIpc) is 2.82. The van der Waals surface area contributed by atoms with E-state index in [4.69, 9.17) is 0 Å². The van der Waals surface area contributed by atoms with E-state index in [0.717, 1.165) is 25.3 Å². The highest BCUT2D eigenvalue weighted by atomic mass is 16.1. The summed E-state index contributed by atoms with van der Waals surface area (Å²) in [5.41, 5.74) is 0.471. The maximum absolute atomic E-state index is 12.0. The number of hydrogen-bond donors (Lipinski definition) is 2. The van der Waals surface area contributed by atoms with Gasteiger partial charge in [-0.05, 0) is 45.5 Å². The third-order valence-corrected chi connectivity index (χ3v) is 3.51. The lowest BCUT2D eigenvalue weighted by atomic mass is 10.2. The molecule has 0 saturated carbocycles. The second kappa shape index (κ2) is 6.52. The molecular weight excluding hydrogens is 240 g/mol. The Bertz CT molecular complexity index is 435. The van der Waals surface area contributed by atoms with Crippen molar-refractivity contribution < 1.29 is 4.79 Å². The average molecular weight is 262 g/mol. The van der Waals surface area contributed by atoms with Crippen LogP contribution in [0, 0.1) is 0 Å². The monoisotopic (exact) mass is 262 g/mol. The molecule has 2 rings (SSSR count). The molecule has 0 radical (unpaired) electrons. The van der Waals surface area contributed by atoms with Gasteiger partial charge in [0.25, 0.3) is 5.91 Å². The number of anilines is 1. The lowest BCUT2D eigenvalue weighted by Gasteiger charge is -2.19. The van der Waals surface area contributed by atoms with Crippen molar-refractivity contribution in [2.45, 2.75) is 25.8 Å². The van der Waals surface area contributed by atoms with Crippen LogP contribution in [-0.2, 0) is 0 Å². The van der Waals surface area contributed by atoms with Gasteiger partial charge in [-0.1, -0.05) is 6.07 Å². The summed E-state index contributed by atoms with van der Waals surface area (Å²) in [4.78, 5) is 18.6. The minimum atomic E-state index is -0.0972. The fourth-order valence-corrected chi connectivity index (χ4v) is 2.38. The van der Waals surface area contributed by atoms with Crippen LogP contribution in [0.1, 0.15) is 30.3 Å². The number of pyridine rings is 1. The number of hydrogen-bond acceptors (Lipinski definition) is 4. The van der Waals surface area contributed by atoms with Gasteiger partial charge in [-0.25, -0.2) is 4.98 Å². The molecule has 1 aromatic heterocycles. The number of likely N-dealkylation sites (tertiary alicyclic amines) is 1. The van der Waals surface area contributed by atoms with Crippen molar-refractivity contribution in [3.63, 3.8) is 0 Å². The highest BCUT2D eigenvalue weighted by molar-refractivity contribution is 5.92. The fraction of sp³-hybridized carbons (Fsp3) is 0.571. The van der Waals surface area contributed by atoms with Gasteiger partial charge in [0.2, 0.25) is 0 Å². The molecule has 2 N–H and O–H groups in total. The van der Waals surface area contributed by atoms with E-state index in [0.29, 0.717) is 18.3 Å². The van der Waals surface area contributed by atoms with Crippen LogP contribution >= 0.6 is 0 Å². The summed E-state index contributed by atoms with van der Waals surface area (Å²) in [6.07, 6.45) is 2.37. The molecule has 19 heavy (non-hydrogen) atoms. The summed E-state index contributed by atoms with van der Waals surface area (Å²) in [6, 6.07) is 5.92. The van der Waals surface area contributed by atoms with Crippen LogP contribution in [0.4, 0.5) is 5.82 Å². The van der Waals surface area contributed by atoms with Crippen molar-refractivity contribution in [2.75, 3.05) is 32.0 Å². The van der Waals surface area contributed by atoms with Crippen LogP contribution in [-0.4, -0.2) is 48.5 Å². The molecule has 5 heteroatoms. The molecule has 1 unspecified atom stereocenters. The molecule has 1 aromatic rings. The first-order valence-corrected chi connectivity index (χ1v) is 6.90. The number of amides is 1. The molecule has 5 nitrogen and oxygen atoms in total. The molecule has 0 aliphatic carbocycles. The Labute approximate surface area is 114 Å². The zero-order valence-corrected chi connectivity index (χ0v) is 11.6. The lowest BCUT2D eigenvalue weighted by Crippen LogP contribution is -2.38. The number of rotatable bonds is 5. The van der Waals surface area contributed by atoms with E-state index < -0.39 is 0 Å².